The highest BCUT2D eigenvalue weighted by Crippen LogP contribution is 2.27. The van der Waals surface area contributed by atoms with E-state index in [9.17, 15) is 4.79 Å². The first-order chi connectivity index (χ1) is 10.4. The van der Waals surface area contributed by atoms with Gasteiger partial charge >= 0.3 is 0 Å². The van der Waals surface area contributed by atoms with Crippen molar-refractivity contribution >= 4 is 11.5 Å². The number of rotatable bonds is 5. The molecule has 0 saturated carbocycles. The molecule has 0 bridgehead atoms. The van der Waals surface area contributed by atoms with Crippen LogP contribution in [0.5, 0.6) is 0 Å². The molecule has 122 valence electrons. The fraction of sp³-hybridized carbons (Fsp3) is 0.611. The summed E-state index contributed by atoms with van der Waals surface area (Å²) in [7, 11) is 0. The third-order valence-electron chi connectivity index (χ3n) is 4.32. The number of nitrogens with two attached hydrogens (primary N) is 1. The summed E-state index contributed by atoms with van der Waals surface area (Å²) in [5.74, 6) is 0.195. The van der Waals surface area contributed by atoms with Crippen molar-refractivity contribution in [3.63, 3.8) is 0 Å². The summed E-state index contributed by atoms with van der Waals surface area (Å²) in [4.78, 5) is 14.7. The molecule has 1 aromatic rings. The van der Waals surface area contributed by atoms with Gasteiger partial charge in [0.15, 0.2) is 5.78 Å². The molecule has 2 rings (SSSR count). The molecule has 1 aliphatic heterocycles. The molecule has 1 atom stereocenters. The van der Waals surface area contributed by atoms with Gasteiger partial charge in [-0.25, -0.2) is 0 Å². The first-order valence-electron chi connectivity index (χ1n) is 8.08. The number of morpholine rings is 1. The molecule has 1 saturated heterocycles. The van der Waals surface area contributed by atoms with E-state index in [1.807, 2.05) is 12.1 Å². The fourth-order valence-corrected chi connectivity index (χ4v) is 2.96. The predicted octanol–water partition coefficient (Wildman–Crippen LogP) is 2.98. The molecular weight excluding hydrogens is 276 g/mol. The number of benzene rings is 1. The molecule has 1 aliphatic rings. The Morgan fingerprint density at radius 1 is 1.32 bits per heavy atom. The number of hydrogen-bond acceptors (Lipinski definition) is 4. The number of ether oxygens (including phenoxy) is 1. The number of carbonyl (C=O) groups is 1. The van der Waals surface area contributed by atoms with Gasteiger partial charge in [-0.3, -0.25) is 9.69 Å². The topological polar surface area (TPSA) is 55.6 Å². The SMILES string of the molecule is CC(C)(C)C1COCCN1CCCC(=O)c1ccc(N)cc1. The van der Waals surface area contributed by atoms with Crippen LogP contribution in [0.2, 0.25) is 0 Å². The average molecular weight is 304 g/mol. The Labute approximate surface area is 133 Å². The zero-order valence-corrected chi connectivity index (χ0v) is 14.0. The van der Waals surface area contributed by atoms with Gasteiger partial charge in [0, 0.05) is 30.3 Å². The zero-order chi connectivity index (χ0) is 16.2. The Kier molecular flexibility index (Phi) is 5.59. The normalized spacial score (nSPS) is 20.0. The lowest BCUT2D eigenvalue weighted by Crippen LogP contribution is -2.52. The van der Waals surface area contributed by atoms with Crippen LogP contribution in [0, 0.1) is 5.41 Å². The molecule has 0 spiro atoms. The van der Waals surface area contributed by atoms with E-state index < -0.39 is 0 Å². The minimum Gasteiger partial charge on any atom is -0.399 e. The standard InChI is InChI=1S/C18H28N2O2/c1-18(2,3)17-13-22-12-11-20(17)10-4-5-16(21)14-6-8-15(19)9-7-14/h6-9,17H,4-5,10-13,19H2,1-3H3. The molecule has 0 radical (unpaired) electrons. The largest absolute Gasteiger partial charge is 0.399 e. The molecule has 0 aliphatic carbocycles. The Bertz CT molecular complexity index is 491. The molecule has 1 heterocycles. The van der Waals surface area contributed by atoms with Crippen molar-refractivity contribution in [2.75, 3.05) is 32.0 Å². The summed E-state index contributed by atoms with van der Waals surface area (Å²) in [5, 5.41) is 0. The van der Waals surface area contributed by atoms with Gasteiger partial charge < -0.3 is 10.5 Å². The minimum atomic E-state index is 0.195. The maximum atomic E-state index is 12.2. The Morgan fingerprint density at radius 3 is 2.64 bits per heavy atom. The van der Waals surface area contributed by atoms with Crippen LogP contribution in [-0.4, -0.2) is 43.0 Å². The maximum Gasteiger partial charge on any atom is 0.162 e. The van der Waals surface area contributed by atoms with Crippen LogP contribution in [-0.2, 0) is 4.74 Å². The predicted molar refractivity (Wildman–Crippen MR) is 90.1 cm³/mol. The van der Waals surface area contributed by atoms with Crippen molar-refractivity contribution in [3.05, 3.63) is 29.8 Å². The van der Waals surface area contributed by atoms with Crippen LogP contribution in [0.1, 0.15) is 44.0 Å². The molecular formula is C18H28N2O2. The maximum absolute atomic E-state index is 12.2. The Balaban J connectivity index is 1.84. The highest BCUT2D eigenvalue weighted by Gasteiger charge is 2.32. The average Bonchev–Trinajstić information content (AvgIpc) is 2.47. The van der Waals surface area contributed by atoms with Gasteiger partial charge in [-0.2, -0.15) is 0 Å². The van der Waals surface area contributed by atoms with Crippen molar-refractivity contribution in [2.45, 2.75) is 39.7 Å². The van der Waals surface area contributed by atoms with Crippen LogP contribution in [0.25, 0.3) is 0 Å². The molecule has 0 aromatic heterocycles. The second-order valence-electron chi connectivity index (χ2n) is 7.14. The van der Waals surface area contributed by atoms with Crippen LogP contribution in [0.3, 0.4) is 0 Å². The van der Waals surface area contributed by atoms with E-state index in [4.69, 9.17) is 10.5 Å². The first kappa shape index (κ1) is 17.0. The number of nitrogens with zero attached hydrogens (tertiary/aromatic N) is 1. The highest BCUT2D eigenvalue weighted by molar-refractivity contribution is 5.96. The number of carbonyl (C=O) groups excluding carboxylic acids is 1. The van der Waals surface area contributed by atoms with Crippen LogP contribution >= 0.6 is 0 Å². The summed E-state index contributed by atoms with van der Waals surface area (Å²) in [5.41, 5.74) is 7.29. The highest BCUT2D eigenvalue weighted by atomic mass is 16.5. The smallest absolute Gasteiger partial charge is 0.162 e. The Morgan fingerprint density at radius 2 is 2.00 bits per heavy atom. The van der Waals surface area contributed by atoms with Crippen LogP contribution < -0.4 is 5.73 Å². The van der Waals surface area contributed by atoms with E-state index >= 15 is 0 Å². The van der Waals surface area contributed by atoms with E-state index in [2.05, 4.69) is 25.7 Å². The molecule has 2 N–H and O–H groups in total. The molecule has 22 heavy (non-hydrogen) atoms. The molecule has 1 aromatic carbocycles. The third-order valence-corrected chi connectivity index (χ3v) is 4.32. The van der Waals surface area contributed by atoms with E-state index in [1.54, 1.807) is 12.1 Å². The van der Waals surface area contributed by atoms with E-state index in [1.165, 1.54) is 0 Å². The van der Waals surface area contributed by atoms with E-state index in [-0.39, 0.29) is 11.2 Å². The van der Waals surface area contributed by atoms with Gasteiger partial charge in [-0.05, 0) is 42.6 Å². The summed E-state index contributed by atoms with van der Waals surface area (Å²) >= 11 is 0. The minimum absolute atomic E-state index is 0.195. The van der Waals surface area contributed by atoms with Crippen LogP contribution in [0.4, 0.5) is 5.69 Å². The summed E-state index contributed by atoms with van der Waals surface area (Å²) in [6.45, 7) is 10.2. The van der Waals surface area contributed by atoms with E-state index in [0.717, 1.165) is 38.3 Å². The molecule has 4 heteroatoms. The third kappa shape index (κ3) is 4.55. The number of anilines is 1. The lowest BCUT2D eigenvalue weighted by atomic mass is 9.85. The summed E-state index contributed by atoms with van der Waals surface area (Å²) in [6, 6.07) is 7.61. The van der Waals surface area contributed by atoms with Gasteiger partial charge in [0.2, 0.25) is 0 Å². The van der Waals surface area contributed by atoms with Gasteiger partial charge in [-0.15, -0.1) is 0 Å². The Hall–Kier alpha value is -1.39. The fourth-order valence-electron chi connectivity index (χ4n) is 2.96. The monoisotopic (exact) mass is 304 g/mol. The van der Waals surface area contributed by atoms with Gasteiger partial charge in [0.1, 0.15) is 0 Å². The van der Waals surface area contributed by atoms with Crippen molar-refractivity contribution in [1.29, 1.82) is 0 Å². The lowest BCUT2D eigenvalue weighted by Gasteiger charge is -2.43. The number of hydrogen-bond donors (Lipinski definition) is 1. The van der Waals surface area contributed by atoms with Crippen molar-refractivity contribution in [3.8, 4) is 0 Å². The van der Waals surface area contributed by atoms with Crippen molar-refractivity contribution < 1.29 is 9.53 Å². The zero-order valence-electron chi connectivity index (χ0n) is 14.0. The lowest BCUT2D eigenvalue weighted by molar-refractivity contribution is -0.0482. The second-order valence-corrected chi connectivity index (χ2v) is 7.14. The quantitative estimate of drug-likeness (QED) is 0.671. The van der Waals surface area contributed by atoms with Crippen molar-refractivity contribution in [1.82, 2.24) is 4.90 Å². The molecule has 1 fully saturated rings. The van der Waals surface area contributed by atoms with Crippen LogP contribution in [0.15, 0.2) is 24.3 Å². The number of ketones is 1. The first-order valence-corrected chi connectivity index (χ1v) is 8.08. The number of nitrogen functional groups attached to an aromatic ring is 1. The van der Waals surface area contributed by atoms with E-state index in [0.29, 0.717) is 18.2 Å². The summed E-state index contributed by atoms with van der Waals surface area (Å²) in [6.07, 6.45) is 1.47. The molecule has 0 amide bonds. The number of Topliss-reactive ketones (excluding diaryl/α,β-unsaturated/α-hetero) is 1. The van der Waals surface area contributed by atoms with Crippen molar-refractivity contribution in [2.24, 2.45) is 5.41 Å². The van der Waals surface area contributed by atoms with Gasteiger partial charge in [0.05, 0.1) is 13.2 Å². The van der Waals surface area contributed by atoms with Gasteiger partial charge in [0.25, 0.3) is 0 Å². The summed E-state index contributed by atoms with van der Waals surface area (Å²) < 4.78 is 5.63. The molecule has 4 nitrogen and oxygen atoms in total. The van der Waals surface area contributed by atoms with Gasteiger partial charge in [-0.1, -0.05) is 20.8 Å². The second kappa shape index (κ2) is 7.25. The molecule has 1 unspecified atom stereocenters.